The monoisotopic (exact) mass is 290 g/mol. The molecule has 0 N–H and O–H groups in total. The second kappa shape index (κ2) is 6.67. The summed E-state index contributed by atoms with van der Waals surface area (Å²) >= 11 is 0. The Morgan fingerprint density at radius 2 is 1.74 bits per heavy atom. The van der Waals surface area contributed by atoms with Crippen LogP contribution in [0.3, 0.4) is 0 Å². The van der Waals surface area contributed by atoms with Crippen LogP contribution in [0.1, 0.15) is 40.5 Å². The van der Waals surface area contributed by atoms with E-state index in [1.54, 1.807) is 14.2 Å². The second-order valence-electron chi connectivity index (χ2n) is 5.60. The van der Waals surface area contributed by atoms with Crippen LogP contribution in [0.15, 0.2) is 0 Å². The lowest BCUT2D eigenvalue weighted by atomic mass is 9.80. The van der Waals surface area contributed by atoms with Gasteiger partial charge in [-0.05, 0) is 18.9 Å². The molecule has 1 saturated heterocycles. The van der Waals surface area contributed by atoms with Crippen molar-refractivity contribution in [2.75, 3.05) is 34.0 Å². The number of hydrogen-bond donors (Lipinski definition) is 0. The molecule has 0 bridgehead atoms. The van der Waals surface area contributed by atoms with E-state index in [-0.39, 0.29) is 10.6 Å². The van der Waals surface area contributed by atoms with E-state index in [1.165, 1.54) is 0 Å². The minimum atomic E-state index is -2.44. The summed E-state index contributed by atoms with van der Waals surface area (Å²) in [6.45, 7) is 10.9. The van der Waals surface area contributed by atoms with Crippen molar-refractivity contribution in [1.82, 2.24) is 0 Å². The number of ether oxygens (including phenoxy) is 2. The van der Waals surface area contributed by atoms with Crippen LogP contribution in [0.25, 0.3) is 0 Å². The smallest absolute Gasteiger partial charge is 0.371 e. The lowest BCUT2D eigenvalue weighted by molar-refractivity contribution is -0.214. The summed E-state index contributed by atoms with van der Waals surface area (Å²) in [6, 6.07) is 0.882. The molecule has 0 radical (unpaired) electrons. The molecule has 0 aromatic heterocycles. The number of hydrogen-bond acceptors (Lipinski definition) is 4. The van der Waals surface area contributed by atoms with Crippen LogP contribution >= 0.6 is 0 Å². The van der Waals surface area contributed by atoms with Crippen LogP contribution in [0.5, 0.6) is 0 Å². The van der Waals surface area contributed by atoms with Gasteiger partial charge in [0.15, 0.2) is 0 Å². The van der Waals surface area contributed by atoms with Crippen molar-refractivity contribution in [2.45, 2.75) is 51.8 Å². The predicted octanol–water partition coefficient (Wildman–Crippen LogP) is 2.89. The topological polar surface area (TPSA) is 36.9 Å². The summed E-state index contributed by atoms with van der Waals surface area (Å²) in [5, 5.41) is -0.341. The van der Waals surface area contributed by atoms with Gasteiger partial charge < -0.3 is 18.3 Å². The van der Waals surface area contributed by atoms with Gasteiger partial charge in [0.2, 0.25) is 0 Å². The Morgan fingerprint density at radius 3 is 2.00 bits per heavy atom. The van der Waals surface area contributed by atoms with Crippen molar-refractivity contribution in [2.24, 2.45) is 5.41 Å². The molecule has 1 fully saturated rings. The molecule has 0 spiro atoms. The summed E-state index contributed by atoms with van der Waals surface area (Å²) in [5.41, 5.74) is -0.00876. The van der Waals surface area contributed by atoms with Gasteiger partial charge in [0.25, 0.3) is 0 Å². The molecule has 5 heteroatoms. The number of rotatable bonds is 9. The molecule has 1 aliphatic rings. The first-order valence-electron chi connectivity index (χ1n) is 7.33. The maximum Gasteiger partial charge on any atom is 0.371 e. The summed E-state index contributed by atoms with van der Waals surface area (Å²) in [4.78, 5) is 0. The Morgan fingerprint density at radius 1 is 1.16 bits per heavy atom. The lowest BCUT2D eigenvalue weighted by Crippen LogP contribution is -2.74. The molecule has 0 aliphatic carbocycles. The molecular weight excluding hydrogens is 260 g/mol. The average Bonchev–Trinajstić information content (AvgIpc) is 2.42. The standard InChI is InChI=1S/C14H30O4Si/c1-7-10-18-14(8-2,13(4)11-17-12-13)19(9-3,15-5)16-6/h7-12H2,1-6H3. The van der Waals surface area contributed by atoms with Crippen LogP contribution in [-0.2, 0) is 18.3 Å². The zero-order valence-corrected chi connectivity index (χ0v) is 14.4. The Bertz CT molecular complexity index is 268. The van der Waals surface area contributed by atoms with E-state index in [0.717, 1.165) is 38.7 Å². The van der Waals surface area contributed by atoms with Crippen LogP contribution in [0, 0.1) is 5.41 Å². The van der Waals surface area contributed by atoms with Crippen molar-refractivity contribution in [1.29, 1.82) is 0 Å². The zero-order chi connectivity index (χ0) is 14.6. The SMILES string of the molecule is CCCOC(CC)(C1(C)COC1)[Si](CC)(OC)OC. The highest BCUT2D eigenvalue weighted by Gasteiger charge is 2.67. The van der Waals surface area contributed by atoms with E-state index in [0.29, 0.717) is 0 Å². The molecule has 1 heterocycles. The van der Waals surface area contributed by atoms with Crippen molar-refractivity contribution in [3.05, 3.63) is 0 Å². The molecule has 0 aromatic carbocycles. The van der Waals surface area contributed by atoms with Gasteiger partial charge in [-0.1, -0.05) is 27.7 Å². The van der Waals surface area contributed by atoms with E-state index >= 15 is 0 Å². The first kappa shape index (κ1) is 17.1. The van der Waals surface area contributed by atoms with Crippen molar-refractivity contribution in [3.8, 4) is 0 Å². The second-order valence-corrected chi connectivity index (χ2v) is 9.43. The fourth-order valence-electron chi connectivity index (χ4n) is 3.45. The molecule has 1 atom stereocenters. The maximum atomic E-state index is 6.40. The van der Waals surface area contributed by atoms with Gasteiger partial charge in [0.1, 0.15) is 5.22 Å². The Balaban J connectivity index is 3.21. The van der Waals surface area contributed by atoms with Gasteiger partial charge in [-0.25, -0.2) is 0 Å². The molecule has 4 nitrogen and oxygen atoms in total. The zero-order valence-electron chi connectivity index (χ0n) is 13.4. The lowest BCUT2D eigenvalue weighted by Gasteiger charge is -2.58. The van der Waals surface area contributed by atoms with E-state index in [9.17, 15) is 0 Å². The molecule has 0 saturated carbocycles. The third-order valence-electron chi connectivity index (χ3n) is 4.61. The molecule has 114 valence electrons. The van der Waals surface area contributed by atoms with E-state index in [4.69, 9.17) is 18.3 Å². The Kier molecular flexibility index (Phi) is 6.01. The summed E-state index contributed by atoms with van der Waals surface area (Å²) in [6.07, 6.45) is 1.90. The summed E-state index contributed by atoms with van der Waals surface area (Å²) in [5.74, 6) is 0. The molecule has 0 aromatic rings. The van der Waals surface area contributed by atoms with Gasteiger partial charge >= 0.3 is 8.56 Å². The summed E-state index contributed by atoms with van der Waals surface area (Å²) in [7, 11) is 1.09. The molecule has 1 aliphatic heterocycles. The fraction of sp³-hybridized carbons (Fsp3) is 1.00. The van der Waals surface area contributed by atoms with Gasteiger partial charge in [-0.3, -0.25) is 0 Å². The van der Waals surface area contributed by atoms with Crippen molar-refractivity contribution >= 4 is 8.56 Å². The minimum Gasteiger partial charge on any atom is -0.396 e. The maximum absolute atomic E-state index is 6.40. The van der Waals surface area contributed by atoms with E-state index < -0.39 is 8.56 Å². The largest absolute Gasteiger partial charge is 0.396 e. The molecular formula is C14H30O4Si. The van der Waals surface area contributed by atoms with Crippen molar-refractivity contribution < 1.29 is 18.3 Å². The first-order chi connectivity index (χ1) is 9.01. The van der Waals surface area contributed by atoms with E-state index in [1.807, 2.05) is 0 Å². The van der Waals surface area contributed by atoms with E-state index in [2.05, 4.69) is 27.7 Å². The highest BCUT2D eigenvalue weighted by Crippen LogP contribution is 2.50. The molecule has 19 heavy (non-hydrogen) atoms. The van der Waals surface area contributed by atoms with Crippen LogP contribution in [0.2, 0.25) is 6.04 Å². The molecule has 0 amide bonds. The predicted molar refractivity (Wildman–Crippen MR) is 78.4 cm³/mol. The van der Waals surface area contributed by atoms with Crippen LogP contribution in [-0.4, -0.2) is 47.8 Å². The van der Waals surface area contributed by atoms with Gasteiger partial charge in [0, 0.05) is 26.2 Å². The normalized spacial score (nSPS) is 21.8. The highest BCUT2D eigenvalue weighted by atomic mass is 28.4. The van der Waals surface area contributed by atoms with Gasteiger partial charge in [0.05, 0.1) is 13.2 Å². The Labute approximate surface area is 119 Å². The van der Waals surface area contributed by atoms with Crippen LogP contribution < -0.4 is 0 Å². The van der Waals surface area contributed by atoms with Crippen molar-refractivity contribution in [3.63, 3.8) is 0 Å². The highest BCUT2D eigenvalue weighted by molar-refractivity contribution is 6.70. The first-order valence-corrected chi connectivity index (χ1v) is 9.35. The Hall–Kier alpha value is 0.0569. The molecule has 1 rings (SSSR count). The third-order valence-corrected chi connectivity index (χ3v) is 9.19. The van der Waals surface area contributed by atoms with Gasteiger partial charge in [-0.2, -0.15) is 0 Å². The average molecular weight is 290 g/mol. The third kappa shape index (κ3) is 2.51. The van der Waals surface area contributed by atoms with Gasteiger partial charge in [-0.15, -0.1) is 0 Å². The molecule has 1 unspecified atom stereocenters. The summed E-state index contributed by atoms with van der Waals surface area (Å²) < 4.78 is 23.8. The quantitative estimate of drug-likeness (QED) is 0.612. The fourth-order valence-corrected chi connectivity index (χ4v) is 7.35. The minimum absolute atomic E-state index is 0.00876. The van der Waals surface area contributed by atoms with Crippen LogP contribution in [0.4, 0.5) is 0 Å².